The van der Waals surface area contributed by atoms with Crippen molar-refractivity contribution in [2.24, 2.45) is 10.8 Å². The molecule has 0 spiro atoms. The van der Waals surface area contributed by atoms with E-state index in [1.54, 1.807) is 0 Å². The van der Waals surface area contributed by atoms with Crippen LogP contribution in [0.3, 0.4) is 0 Å². The summed E-state index contributed by atoms with van der Waals surface area (Å²) in [4.78, 5) is 35.2. The van der Waals surface area contributed by atoms with Crippen molar-refractivity contribution in [3.05, 3.63) is 0 Å². The van der Waals surface area contributed by atoms with Crippen molar-refractivity contribution in [3.63, 3.8) is 0 Å². The minimum Gasteiger partial charge on any atom is -0.480 e. The summed E-state index contributed by atoms with van der Waals surface area (Å²) in [6.45, 7) is 0.253. The molecule has 0 bridgehead atoms. The molecule has 2 rings (SSSR count). The van der Waals surface area contributed by atoms with Crippen molar-refractivity contribution in [2.45, 2.75) is 24.8 Å². The highest BCUT2D eigenvalue weighted by atomic mass is 16.4. The van der Waals surface area contributed by atoms with Gasteiger partial charge in [0.05, 0.1) is 0 Å². The molecule has 4 N–H and O–H groups in total. The van der Waals surface area contributed by atoms with E-state index in [1.165, 1.54) is 4.90 Å². The van der Waals surface area contributed by atoms with Gasteiger partial charge in [0.25, 0.3) is 5.91 Å². The Balaban J connectivity index is 2.04. The molecule has 0 aromatic rings. The van der Waals surface area contributed by atoms with Gasteiger partial charge in [0.15, 0.2) is 0 Å². The van der Waals surface area contributed by atoms with Gasteiger partial charge in [-0.1, -0.05) is 0 Å². The zero-order valence-corrected chi connectivity index (χ0v) is 9.68. The van der Waals surface area contributed by atoms with Crippen LogP contribution in [0.15, 0.2) is 5.10 Å². The van der Waals surface area contributed by atoms with Gasteiger partial charge >= 0.3 is 5.97 Å². The van der Waals surface area contributed by atoms with E-state index in [2.05, 4.69) is 10.5 Å². The molecule has 1 atom stereocenters. The third-order valence-corrected chi connectivity index (χ3v) is 3.17. The molecule has 2 amide bonds. The Morgan fingerprint density at radius 2 is 2.17 bits per heavy atom. The Morgan fingerprint density at radius 3 is 2.67 bits per heavy atom. The molecule has 0 aromatic heterocycles. The minimum atomic E-state index is -1.38. The van der Waals surface area contributed by atoms with Gasteiger partial charge in [0.1, 0.15) is 11.3 Å². The monoisotopic (exact) mass is 254 g/mol. The number of rotatable bonds is 2. The number of hydrogen-bond donors (Lipinski definition) is 3. The average Bonchev–Trinajstić information content (AvgIpc) is 2.73. The lowest BCUT2D eigenvalue weighted by Gasteiger charge is -2.21. The van der Waals surface area contributed by atoms with E-state index >= 15 is 0 Å². The summed E-state index contributed by atoms with van der Waals surface area (Å²) in [6.07, 6.45) is 0.699. The van der Waals surface area contributed by atoms with Crippen LogP contribution in [0.5, 0.6) is 0 Å². The number of hydrogen-bond acceptors (Lipinski definition) is 5. The number of amides is 2. The lowest BCUT2D eigenvalue weighted by atomic mass is 10.0. The summed E-state index contributed by atoms with van der Waals surface area (Å²) in [7, 11) is 0. The van der Waals surface area contributed by atoms with Crippen LogP contribution in [-0.2, 0) is 14.4 Å². The van der Waals surface area contributed by atoms with Gasteiger partial charge in [-0.2, -0.15) is 5.10 Å². The van der Waals surface area contributed by atoms with Crippen LogP contribution in [0.2, 0.25) is 0 Å². The number of carboxylic acid groups (broad SMARTS) is 1. The van der Waals surface area contributed by atoms with Crippen molar-refractivity contribution in [2.75, 3.05) is 13.1 Å². The SMILES string of the molecule is NC1(C(=O)O)CCN(C(=O)C2=NNC(=O)CC2)C1. The van der Waals surface area contributed by atoms with Crippen molar-refractivity contribution in [3.8, 4) is 0 Å². The smallest absolute Gasteiger partial charge is 0.325 e. The third kappa shape index (κ3) is 2.19. The highest BCUT2D eigenvalue weighted by Crippen LogP contribution is 2.20. The molecule has 18 heavy (non-hydrogen) atoms. The van der Waals surface area contributed by atoms with E-state index in [9.17, 15) is 14.4 Å². The first-order valence-corrected chi connectivity index (χ1v) is 5.59. The molecule has 0 aromatic carbocycles. The highest BCUT2D eigenvalue weighted by molar-refractivity contribution is 6.39. The third-order valence-electron chi connectivity index (χ3n) is 3.17. The van der Waals surface area contributed by atoms with Crippen LogP contribution in [0.25, 0.3) is 0 Å². The lowest BCUT2D eigenvalue weighted by molar-refractivity contribution is -0.142. The summed E-state index contributed by atoms with van der Waals surface area (Å²) in [5.41, 5.74) is 6.77. The van der Waals surface area contributed by atoms with Crippen LogP contribution in [0, 0.1) is 0 Å². The fraction of sp³-hybridized carbons (Fsp3) is 0.600. The number of carbonyl (C=O) groups is 3. The molecule has 0 saturated carbocycles. The second-order valence-corrected chi connectivity index (χ2v) is 4.53. The Labute approximate surface area is 103 Å². The number of nitrogens with two attached hydrogens (primary N) is 1. The topological polar surface area (TPSA) is 125 Å². The molecular weight excluding hydrogens is 240 g/mol. The van der Waals surface area contributed by atoms with Crippen LogP contribution >= 0.6 is 0 Å². The number of likely N-dealkylation sites (tertiary alicyclic amines) is 1. The summed E-state index contributed by atoms with van der Waals surface area (Å²) >= 11 is 0. The Kier molecular flexibility index (Phi) is 3.04. The summed E-state index contributed by atoms with van der Waals surface area (Å²) < 4.78 is 0. The summed E-state index contributed by atoms with van der Waals surface area (Å²) in [5, 5.41) is 12.7. The predicted molar refractivity (Wildman–Crippen MR) is 60.6 cm³/mol. The zero-order chi connectivity index (χ0) is 13.3. The van der Waals surface area contributed by atoms with Crippen molar-refractivity contribution in [1.29, 1.82) is 0 Å². The van der Waals surface area contributed by atoms with Gasteiger partial charge in [0.2, 0.25) is 5.91 Å². The number of aliphatic carboxylic acids is 1. The predicted octanol–water partition coefficient (Wildman–Crippen LogP) is -1.73. The molecule has 2 aliphatic rings. The molecule has 0 radical (unpaired) electrons. The van der Waals surface area contributed by atoms with Crippen molar-refractivity contribution >= 4 is 23.5 Å². The number of nitrogens with zero attached hydrogens (tertiary/aromatic N) is 2. The first-order chi connectivity index (χ1) is 8.42. The molecule has 1 unspecified atom stereocenters. The van der Waals surface area contributed by atoms with Gasteiger partial charge in [-0.15, -0.1) is 0 Å². The van der Waals surface area contributed by atoms with E-state index in [1.807, 2.05) is 0 Å². The van der Waals surface area contributed by atoms with E-state index < -0.39 is 11.5 Å². The van der Waals surface area contributed by atoms with Gasteiger partial charge in [0, 0.05) is 25.9 Å². The molecule has 1 fully saturated rings. The molecule has 2 heterocycles. The molecule has 2 aliphatic heterocycles. The second-order valence-electron chi connectivity index (χ2n) is 4.53. The number of nitrogens with one attached hydrogen (secondary N) is 1. The van der Waals surface area contributed by atoms with Gasteiger partial charge in [-0.05, 0) is 6.42 Å². The van der Waals surface area contributed by atoms with Crippen molar-refractivity contribution < 1.29 is 19.5 Å². The van der Waals surface area contributed by atoms with Gasteiger partial charge < -0.3 is 15.7 Å². The highest BCUT2D eigenvalue weighted by Gasteiger charge is 2.43. The summed E-state index contributed by atoms with van der Waals surface area (Å²) in [5.74, 6) is -1.70. The Morgan fingerprint density at radius 1 is 1.44 bits per heavy atom. The fourth-order valence-electron chi connectivity index (χ4n) is 1.99. The number of hydrazone groups is 1. The van der Waals surface area contributed by atoms with Crippen LogP contribution in [0.4, 0.5) is 0 Å². The quantitative estimate of drug-likeness (QED) is 0.539. The first-order valence-electron chi connectivity index (χ1n) is 5.59. The number of carboxylic acids is 1. The van der Waals surface area contributed by atoms with E-state index in [4.69, 9.17) is 10.8 Å². The second kappa shape index (κ2) is 4.37. The minimum absolute atomic E-state index is 0.0336. The van der Waals surface area contributed by atoms with E-state index in [0.29, 0.717) is 0 Å². The molecular formula is C10H14N4O4. The van der Waals surface area contributed by atoms with E-state index in [-0.39, 0.29) is 49.9 Å². The number of carbonyl (C=O) groups excluding carboxylic acids is 2. The zero-order valence-electron chi connectivity index (χ0n) is 9.68. The Hall–Kier alpha value is -1.96. The van der Waals surface area contributed by atoms with Crippen LogP contribution in [0.1, 0.15) is 19.3 Å². The molecule has 8 heteroatoms. The van der Waals surface area contributed by atoms with Gasteiger partial charge in [-0.3, -0.25) is 14.4 Å². The largest absolute Gasteiger partial charge is 0.480 e. The maximum absolute atomic E-state index is 12.0. The fourth-order valence-corrected chi connectivity index (χ4v) is 1.99. The normalized spacial score (nSPS) is 27.7. The first kappa shape index (κ1) is 12.5. The molecule has 8 nitrogen and oxygen atoms in total. The lowest BCUT2D eigenvalue weighted by Crippen LogP contribution is -2.51. The van der Waals surface area contributed by atoms with Crippen LogP contribution in [-0.4, -0.2) is 52.1 Å². The standard InChI is InChI=1S/C10H14N4O4/c11-10(9(17)18)3-4-14(5-10)8(16)6-1-2-7(15)13-12-6/h1-5,11H2,(H,13,15)(H,17,18). The van der Waals surface area contributed by atoms with Crippen molar-refractivity contribution in [1.82, 2.24) is 10.3 Å². The van der Waals surface area contributed by atoms with E-state index in [0.717, 1.165) is 0 Å². The van der Waals surface area contributed by atoms with Crippen LogP contribution < -0.4 is 11.2 Å². The molecule has 98 valence electrons. The average molecular weight is 254 g/mol. The maximum Gasteiger partial charge on any atom is 0.325 e. The molecule has 1 saturated heterocycles. The molecule has 0 aliphatic carbocycles. The summed E-state index contributed by atoms with van der Waals surface area (Å²) in [6, 6.07) is 0. The maximum atomic E-state index is 12.0. The van der Waals surface area contributed by atoms with Gasteiger partial charge in [-0.25, -0.2) is 5.43 Å². The Bertz CT molecular complexity index is 447.